The number of carboxylic acid groups (broad SMARTS) is 1. The highest BCUT2D eigenvalue weighted by atomic mass is 16.4. The number of aromatic carboxylic acids is 1. The zero-order valence-electron chi connectivity index (χ0n) is 10.5. The van der Waals surface area contributed by atoms with E-state index in [2.05, 4.69) is 10.1 Å². The van der Waals surface area contributed by atoms with Gasteiger partial charge in [-0.1, -0.05) is 19.9 Å². The largest absolute Gasteiger partial charge is 0.475 e. The molecule has 0 saturated heterocycles. The molecule has 1 aromatic carbocycles. The first-order valence-electron chi connectivity index (χ1n) is 5.73. The normalized spacial score (nSPS) is 10.4. The Balaban J connectivity index is 2.60. The summed E-state index contributed by atoms with van der Waals surface area (Å²) in [5, 5.41) is 21.8. The second kappa shape index (κ2) is 4.90. The fourth-order valence-corrected chi connectivity index (χ4v) is 1.69. The predicted octanol–water partition coefficient (Wildman–Crippen LogP) is 1.96. The number of hydrogen-bond donors (Lipinski definition) is 1. The van der Waals surface area contributed by atoms with Gasteiger partial charge in [-0.05, 0) is 18.2 Å². The van der Waals surface area contributed by atoms with E-state index >= 15 is 0 Å². The van der Waals surface area contributed by atoms with Crippen LogP contribution in [-0.4, -0.2) is 25.8 Å². The van der Waals surface area contributed by atoms with Gasteiger partial charge >= 0.3 is 5.97 Å². The molecule has 0 fully saturated rings. The first kappa shape index (κ1) is 12.8. The summed E-state index contributed by atoms with van der Waals surface area (Å²) in [6.07, 6.45) is 0. The van der Waals surface area contributed by atoms with E-state index in [0.29, 0.717) is 17.1 Å². The Morgan fingerprint density at radius 2 is 2.21 bits per heavy atom. The maximum atomic E-state index is 11.0. The molecule has 0 aliphatic rings. The lowest BCUT2D eigenvalue weighted by Crippen LogP contribution is -2.05. The van der Waals surface area contributed by atoms with Crippen LogP contribution in [0.5, 0.6) is 0 Å². The summed E-state index contributed by atoms with van der Waals surface area (Å²) in [6, 6.07) is 8.84. The number of rotatable bonds is 3. The van der Waals surface area contributed by atoms with E-state index in [0.717, 1.165) is 0 Å². The summed E-state index contributed by atoms with van der Waals surface area (Å²) >= 11 is 0. The number of carboxylic acids is 1. The number of benzene rings is 1. The van der Waals surface area contributed by atoms with Crippen LogP contribution < -0.4 is 0 Å². The fourth-order valence-electron chi connectivity index (χ4n) is 1.69. The van der Waals surface area contributed by atoms with Crippen LogP contribution >= 0.6 is 0 Å². The molecule has 0 bridgehead atoms. The van der Waals surface area contributed by atoms with E-state index in [1.165, 1.54) is 4.68 Å². The molecule has 1 heterocycles. The molecular formula is C13H12N4O2. The number of aromatic nitrogens is 3. The molecule has 2 rings (SSSR count). The number of hydrogen-bond acceptors (Lipinski definition) is 4. The van der Waals surface area contributed by atoms with Crippen molar-refractivity contribution in [2.75, 3.05) is 0 Å². The molecule has 2 aromatic rings. The molecule has 6 nitrogen and oxygen atoms in total. The van der Waals surface area contributed by atoms with Crippen LogP contribution in [0.3, 0.4) is 0 Å². The molecule has 0 atom stereocenters. The summed E-state index contributed by atoms with van der Waals surface area (Å²) in [5.74, 6) is -0.845. The third-order valence-corrected chi connectivity index (χ3v) is 2.56. The van der Waals surface area contributed by atoms with E-state index in [-0.39, 0.29) is 11.7 Å². The summed E-state index contributed by atoms with van der Waals surface area (Å²) in [7, 11) is 0. The Hall–Kier alpha value is -2.68. The van der Waals surface area contributed by atoms with Gasteiger partial charge in [0, 0.05) is 5.92 Å². The lowest BCUT2D eigenvalue weighted by atomic mass is 10.2. The summed E-state index contributed by atoms with van der Waals surface area (Å²) in [5.41, 5.74) is 1.11. The van der Waals surface area contributed by atoms with Crippen molar-refractivity contribution in [3.05, 3.63) is 41.5 Å². The van der Waals surface area contributed by atoms with Crippen LogP contribution in [0.25, 0.3) is 5.69 Å². The van der Waals surface area contributed by atoms with Gasteiger partial charge in [-0.25, -0.2) is 14.5 Å². The SMILES string of the molecule is CC(C)c1nc(C(=O)O)nn1-c1cccc(C#N)c1. The van der Waals surface area contributed by atoms with Gasteiger partial charge in [-0.2, -0.15) is 5.26 Å². The maximum absolute atomic E-state index is 11.0. The van der Waals surface area contributed by atoms with E-state index in [1.54, 1.807) is 24.3 Å². The van der Waals surface area contributed by atoms with Gasteiger partial charge in [0.2, 0.25) is 0 Å². The van der Waals surface area contributed by atoms with Crippen molar-refractivity contribution in [3.8, 4) is 11.8 Å². The highest BCUT2D eigenvalue weighted by Crippen LogP contribution is 2.18. The molecule has 0 radical (unpaired) electrons. The molecule has 1 aromatic heterocycles. The Labute approximate surface area is 109 Å². The molecule has 0 unspecified atom stereocenters. The number of nitriles is 1. The Bertz CT molecular complexity index is 668. The average molecular weight is 256 g/mol. The van der Waals surface area contributed by atoms with Crippen molar-refractivity contribution in [1.29, 1.82) is 5.26 Å². The lowest BCUT2D eigenvalue weighted by molar-refractivity contribution is 0.0683. The second-order valence-corrected chi connectivity index (χ2v) is 4.33. The molecule has 0 spiro atoms. The molecule has 1 N–H and O–H groups in total. The summed E-state index contributed by atoms with van der Waals surface area (Å²) in [4.78, 5) is 15.0. The molecule has 0 amide bonds. The minimum Gasteiger partial charge on any atom is -0.475 e. The van der Waals surface area contributed by atoms with Crippen LogP contribution in [0.1, 0.15) is 41.8 Å². The second-order valence-electron chi connectivity index (χ2n) is 4.33. The van der Waals surface area contributed by atoms with E-state index in [9.17, 15) is 4.79 Å². The minimum absolute atomic E-state index is 0.0198. The third kappa shape index (κ3) is 2.45. The molecular weight excluding hydrogens is 244 g/mol. The Morgan fingerprint density at radius 1 is 1.47 bits per heavy atom. The zero-order valence-corrected chi connectivity index (χ0v) is 10.5. The molecule has 96 valence electrons. The predicted molar refractivity (Wildman–Crippen MR) is 67.1 cm³/mol. The van der Waals surface area contributed by atoms with Gasteiger partial charge in [0.05, 0.1) is 17.3 Å². The monoisotopic (exact) mass is 256 g/mol. The van der Waals surface area contributed by atoms with Crippen molar-refractivity contribution >= 4 is 5.97 Å². The molecule has 0 saturated carbocycles. The van der Waals surface area contributed by atoms with Crippen molar-refractivity contribution in [3.63, 3.8) is 0 Å². The van der Waals surface area contributed by atoms with E-state index < -0.39 is 5.97 Å². The molecule has 6 heteroatoms. The van der Waals surface area contributed by atoms with Gasteiger partial charge in [-0.15, -0.1) is 5.10 Å². The van der Waals surface area contributed by atoms with Crippen LogP contribution in [0.4, 0.5) is 0 Å². The number of carbonyl (C=O) groups is 1. The third-order valence-electron chi connectivity index (χ3n) is 2.56. The fraction of sp³-hybridized carbons (Fsp3) is 0.231. The van der Waals surface area contributed by atoms with Crippen LogP contribution in [0.15, 0.2) is 24.3 Å². The zero-order chi connectivity index (χ0) is 14.0. The Kier molecular flexibility index (Phi) is 3.29. The molecule has 19 heavy (non-hydrogen) atoms. The van der Waals surface area contributed by atoms with Crippen LogP contribution in [0.2, 0.25) is 0 Å². The van der Waals surface area contributed by atoms with Crippen molar-refractivity contribution in [2.45, 2.75) is 19.8 Å². The average Bonchev–Trinajstić information content (AvgIpc) is 2.84. The van der Waals surface area contributed by atoms with Gasteiger partial charge in [0.25, 0.3) is 5.82 Å². The van der Waals surface area contributed by atoms with Crippen molar-refractivity contribution in [2.24, 2.45) is 0 Å². The quantitative estimate of drug-likeness (QED) is 0.906. The maximum Gasteiger partial charge on any atom is 0.375 e. The van der Waals surface area contributed by atoms with Gasteiger partial charge in [0.1, 0.15) is 5.82 Å². The van der Waals surface area contributed by atoms with Gasteiger partial charge in [-0.3, -0.25) is 0 Å². The van der Waals surface area contributed by atoms with Crippen molar-refractivity contribution < 1.29 is 9.90 Å². The smallest absolute Gasteiger partial charge is 0.375 e. The van der Waals surface area contributed by atoms with Gasteiger partial charge in [0.15, 0.2) is 0 Å². The Morgan fingerprint density at radius 3 is 2.79 bits per heavy atom. The van der Waals surface area contributed by atoms with E-state index in [4.69, 9.17) is 10.4 Å². The molecule has 0 aliphatic carbocycles. The minimum atomic E-state index is -1.17. The standard InChI is InChI=1S/C13H12N4O2/c1-8(2)12-15-11(13(18)19)16-17(12)10-5-3-4-9(6-10)7-14/h3-6,8H,1-2H3,(H,18,19). The molecule has 0 aliphatic heterocycles. The van der Waals surface area contributed by atoms with Crippen molar-refractivity contribution in [1.82, 2.24) is 14.8 Å². The summed E-state index contributed by atoms with van der Waals surface area (Å²) < 4.78 is 1.47. The first-order chi connectivity index (χ1) is 9.02. The first-order valence-corrected chi connectivity index (χ1v) is 5.73. The van der Waals surface area contributed by atoms with E-state index in [1.807, 2.05) is 19.9 Å². The highest BCUT2D eigenvalue weighted by molar-refractivity contribution is 5.83. The van der Waals surface area contributed by atoms with Gasteiger partial charge < -0.3 is 5.11 Å². The summed E-state index contributed by atoms with van der Waals surface area (Å²) in [6.45, 7) is 3.81. The number of nitrogens with zero attached hydrogens (tertiary/aromatic N) is 4. The lowest BCUT2D eigenvalue weighted by Gasteiger charge is -2.08. The topological polar surface area (TPSA) is 91.8 Å². The van der Waals surface area contributed by atoms with Crippen LogP contribution in [-0.2, 0) is 0 Å². The highest BCUT2D eigenvalue weighted by Gasteiger charge is 2.18. The van der Waals surface area contributed by atoms with Crippen LogP contribution in [0, 0.1) is 11.3 Å².